The summed E-state index contributed by atoms with van der Waals surface area (Å²) in [7, 11) is 0. The number of halogens is 1. The van der Waals surface area contributed by atoms with Gasteiger partial charge in [-0.05, 0) is 50.0 Å². The van der Waals surface area contributed by atoms with Crippen LogP contribution in [0.15, 0.2) is 18.2 Å². The highest BCUT2D eigenvalue weighted by Gasteiger charge is 2.25. The van der Waals surface area contributed by atoms with Gasteiger partial charge in [0.2, 0.25) is 5.91 Å². The fourth-order valence-electron chi connectivity index (χ4n) is 2.84. The molecule has 3 rings (SSSR count). The Hall–Kier alpha value is -1.07. The summed E-state index contributed by atoms with van der Waals surface area (Å²) in [6.07, 6.45) is 3.09. The van der Waals surface area contributed by atoms with Gasteiger partial charge in [0.1, 0.15) is 5.82 Å². The quantitative estimate of drug-likeness (QED) is 0.927. The van der Waals surface area contributed by atoms with Crippen molar-refractivity contribution in [2.45, 2.75) is 24.5 Å². The third-order valence-corrected chi connectivity index (χ3v) is 5.33. The number of amides is 1. The van der Waals surface area contributed by atoms with Crippen molar-refractivity contribution in [1.82, 2.24) is 5.32 Å². The van der Waals surface area contributed by atoms with Crippen LogP contribution in [0.5, 0.6) is 0 Å². The lowest BCUT2D eigenvalue weighted by Gasteiger charge is -2.23. The van der Waals surface area contributed by atoms with E-state index in [0.717, 1.165) is 43.6 Å². The lowest BCUT2D eigenvalue weighted by atomic mass is 10.2. The highest BCUT2D eigenvalue weighted by Crippen LogP contribution is 2.30. The van der Waals surface area contributed by atoms with Crippen molar-refractivity contribution in [3.05, 3.63) is 29.6 Å². The number of fused-ring (bicyclic) bond motifs is 1. The van der Waals surface area contributed by atoms with Crippen LogP contribution in [-0.4, -0.2) is 36.5 Å². The van der Waals surface area contributed by atoms with Gasteiger partial charge in [0.05, 0.1) is 5.75 Å². The van der Waals surface area contributed by atoms with Gasteiger partial charge in [-0.1, -0.05) is 6.07 Å². The predicted molar refractivity (Wildman–Crippen MR) is 80.8 cm³/mol. The molecule has 1 fully saturated rings. The molecule has 2 aliphatic heterocycles. The monoisotopic (exact) mass is 294 g/mol. The second-order valence-corrected chi connectivity index (χ2v) is 6.62. The first kappa shape index (κ1) is 13.9. The zero-order valence-electron chi connectivity index (χ0n) is 11.4. The zero-order chi connectivity index (χ0) is 13.9. The summed E-state index contributed by atoms with van der Waals surface area (Å²) >= 11 is 1.75. The number of nitrogens with zero attached hydrogens (tertiary/aromatic N) is 1. The van der Waals surface area contributed by atoms with Gasteiger partial charge in [0.25, 0.3) is 0 Å². The molecule has 1 aromatic rings. The number of piperidine rings is 1. The Labute approximate surface area is 122 Å². The fourth-order valence-corrected chi connectivity index (χ4v) is 3.94. The first-order valence-corrected chi connectivity index (χ1v) is 8.20. The maximum atomic E-state index is 13.3. The molecule has 0 atom stereocenters. The molecule has 1 saturated heterocycles. The zero-order valence-corrected chi connectivity index (χ0v) is 12.2. The maximum Gasteiger partial charge on any atom is 0.237 e. The minimum Gasteiger partial charge on any atom is -0.317 e. The van der Waals surface area contributed by atoms with E-state index in [1.54, 1.807) is 22.7 Å². The first-order chi connectivity index (χ1) is 9.74. The normalized spacial score (nSPS) is 19.1. The Balaban J connectivity index is 1.60. The topological polar surface area (TPSA) is 32.3 Å². The lowest BCUT2D eigenvalue weighted by Crippen LogP contribution is -2.33. The average Bonchev–Trinajstić information content (AvgIpc) is 2.89. The van der Waals surface area contributed by atoms with Crippen molar-refractivity contribution in [3.63, 3.8) is 0 Å². The van der Waals surface area contributed by atoms with E-state index in [1.165, 1.54) is 12.1 Å². The molecule has 0 spiro atoms. The van der Waals surface area contributed by atoms with Crippen LogP contribution in [0.2, 0.25) is 0 Å². The fraction of sp³-hybridized carbons (Fsp3) is 0.533. The van der Waals surface area contributed by atoms with Gasteiger partial charge >= 0.3 is 0 Å². The molecule has 1 aromatic carbocycles. The van der Waals surface area contributed by atoms with E-state index in [4.69, 9.17) is 0 Å². The average molecular weight is 294 g/mol. The molecule has 108 valence electrons. The second-order valence-electron chi connectivity index (χ2n) is 5.33. The third kappa shape index (κ3) is 2.99. The summed E-state index contributed by atoms with van der Waals surface area (Å²) < 4.78 is 13.3. The van der Waals surface area contributed by atoms with Gasteiger partial charge in [-0.25, -0.2) is 4.39 Å². The van der Waals surface area contributed by atoms with Crippen molar-refractivity contribution in [2.24, 2.45) is 0 Å². The largest absolute Gasteiger partial charge is 0.317 e. The highest BCUT2D eigenvalue weighted by atomic mass is 32.2. The van der Waals surface area contributed by atoms with Gasteiger partial charge in [-0.2, -0.15) is 0 Å². The van der Waals surface area contributed by atoms with E-state index in [2.05, 4.69) is 5.32 Å². The summed E-state index contributed by atoms with van der Waals surface area (Å²) in [6.45, 7) is 2.78. The van der Waals surface area contributed by atoms with E-state index in [-0.39, 0.29) is 11.7 Å². The summed E-state index contributed by atoms with van der Waals surface area (Å²) in [6, 6.07) is 4.74. The number of benzene rings is 1. The van der Waals surface area contributed by atoms with Crippen LogP contribution < -0.4 is 10.2 Å². The third-order valence-electron chi connectivity index (χ3n) is 3.97. The number of nitrogens with one attached hydrogen (secondary N) is 1. The Morgan fingerprint density at radius 2 is 2.20 bits per heavy atom. The molecule has 5 heteroatoms. The van der Waals surface area contributed by atoms with Crippen LogP contribution in [0.1, 0.15) is 18.4 Å². The molecule has 2 heterocycles. The summed E-state index contributed by atoms with van der Waals surface area (Å²) in [5, 5.41) is 3.90. The smallest absolute Gasteiger partial charge is 0.237 e. The lowest BCUT2D eigenvalue weighted by molar-refractivity contribution is -0.116. The van der Waals surface area contributed by atoms with Crippen LogP contribution in [0, 0.1) is 5.82 Å². The van der Waals surface area contributed by atoms with Crippen LogP contribution in [0.25, 0.3) is 0 Å². The molecule has 0 aliphatic carbocycles. The molecule has 1 N–H and O–H groups in total. The number of carbonyl (C=O) groups excluding carboxylic acids is 1. The molecule has 0 bridgehead atoms. The molecular weight excluding hydrogens is 275 g/mol. The molecule has 0 radical (unpaired) electrons. The SMILES string of the molecule is O=C(CSC1CCNCC1)N1CCc2ccc(F)cc21. The van der Waals surface area contributed by atoms with Gasteiger partial charge in [-0.3, -0.25) is 4.79 Å². The number of thioether (sulfide) groups is 1. The van der Waals surface area contributed by atoms with Crippen LogP contribution >= 0.6 is 11.8 Å². The van der Waals surface area contributed by atoms with E-state index in [9.17, 15) is 9.18 Å². The minimum atomic E-state index is -0.269. The maximum absolute atomic E-state index is 13.3. The number of carbonyl (C=O) groups is 1. The standard InChI is InChI=1S/C15H19FN2OS/c16-12-2-1-11-5-8-18(14(11)9-12)15(19)10-20-13-3-6-17-7-4-13/h1-2,9,13,17H,3-8,10H2. The summed E-state index contributed by atoms with van der Waals surface area (Å²) in [5.74, 6) is 0.341. The minimum absolute atomic E-state index is 0.109. The Kier molecular flexibility index (Phi) is 4.27. The van der Waals surface area contributed by atoms with Gasteiger partial charge < -0.3 is 10.2 Å². The van der Waals surface area contributed by atoms with E-state index < -0.39 is 0 Å². The number of hydrogen-bond donors (Lipinski definition) is 1. The number of rotatable bonds is 3. The molecule has 3 nitrogen and oxygen atoms in total. The van der Waals surface area contributed by atoms with Crippen LogP contribution in [-0.2, 0) is 11.2 Å². The van der Waals surface area contributed by atoms with Crippen molar-refractivity contribution in [3.8, 4) is 0 Å². The van der Waals surface area contributed by atoms with Crippen LogP contribution in [0.4, 0.5) is 10.1 Å². The number of hydrogen-bond acceptors (Lipinski definition) is 3. The molecule has 0 unspecified atom stereocenters. The first-order valence-electron chi connectivity index (χ1n) is 7.15. The Bertz CT molecular complexity index is 503. The van der Waals surface area contributed by atoms with Crippen molar-refractivity contribution in [1.29, 1.82) is 0 Å². The second kappa shape index (κ2) is 6.14. The van der Waals surface area contributed by atoms with Crippen LogP contribution in [0.3, 0.4) is 0 Å². The molecule has 1 amide bonds. The molecule has 2 aliphatic rings. The summed E-state index contributed by atoms with van der Waals surface area (Å²) in [4.78, 5) is 14.1. The highest BCUT2D eigenvalue weighted by molar-refractivity contribution is 8.00. The molecule has 0 saturated carbocycles. The van der Waals surface area contributed by atoms with Gasteiger partial charge in [0.15, 0.2) is 0 Å². The Morgan fingerprint density at radius 3 is 3.00 bits per heavy atom. The Morgan fingerprint density at radius 1 is 1.40 bits per heavy atom. The van der Waals surface area contributed by atoms with Gasteiger partial charge in [-0.15, -0.1) is 11.8 Å². The molecule has 0 aromatic heterocycles. The van der Waals surface area contributed by atoms with Crippen molar-refractivity contribution >= 4 is 23.4 Å². The van der Waals surface area contributed by atoms with E-state index in [0.29, 0.717) is 17.5 Å². The van der Waals surface area contributed by atoms with Crippen molar-refractivity contribution in [2.75, 3.05) is 30.3 Å². The summed E-state index contributed by atoms with van der Waals surface area (Å²) in [5.41, 5.74) is 1.84. The number of anilines is 1. The van der Waals surface area contributed by atoms with Gasteiger partial charge in [0, 0.05) is 17.5 Å². The predicted octanol–water partition coefficient (Wildman–Crippen LogP) is 2.20. The van der Waals surface area contributed by atoms with E-state index >= 15 is 0 Å². The molecular formula is C15H19FN2OS. The van der Waals surface area contributed by atoms with Crippen molar-refractivity contribution < 1.29 is 9.18 Å². The van der Waals surface area contributed by atoms with E-state index in [1.807, 2.05) is 0 Å². The molecule has 20 heavy (non-hydrogen) atoms.